The van der Waals surface area contributed by atoms with E-state index in [1.54, 1.807) is 24.3 Å². The van der Waals surface area contributed by atoms with E-state index in [9.17, 15) is 8.42 Å². The molecule has 2 saturated heterocycles. The maximum atomic E-state index is 12.4. The molecule has 0 spiro atoms. The molecule has 0 aromatic heterocycles. The van der Waals surface area contributed by atoms with E-state index in [-0.39, 0.29) is 11.4 Å². The van der Waals surface area contributed by atoms with Crippen LogP contribution in [0.1, 0.15) is 18.9 Å². The summed E-state index contributed by atoms with van der Waals surface area (Å²) in [5.74, 6) is 0.859. The molecule has 1 unspecified atom stereocenters. The lowest BCUT2D eigenvalue weighted by molar-refractivity contribution is 0.0195. The van der Waals surface area contributed by atoms with Crippen molar-refractivity contribution in [3.05, 3.63) is 29.8 Å². The van der Waals surface area contributed by atoms with Gasteiger partial charge in [-0.2, -0.15) is 0 Å². The molecule has 1 aromatic carbocycles. The molecule has 3 rings (SSSR count). The van der Waals surface area contributed by atoms with Gasteiger partial charge in [-0.15, -0.1) is 0 Å². The van der Waals surface area contributed by atoms with Crippen LogP contribution >= 0.6 is 0 Å². The third-order valence-electron chi connectivity index (χ3n) is 5.36. The number of ether oxygens (including phenoxy) is 1. The molecule has 162 valence electrons. The lowest BCUT2D eigenvalue weighted by Gasteiger charge is -2.32. The van der Waals surface area contributed by atoms with Gasteiger partial charge in [0, 0.05) is 45.3 Å². The molecule has 29 heavy (non-hydrogen) atoms. The minimum Gasteiger partial charge on any atom is -0.379 e. The molecule has 9 heteroatoms. The van der Waals surface area contributed by atoms with E-state index in [1.165, 1.54) is 0 Å². The first-order chi connectivity index (χ1) is 14.0. The van der Waals surface area contributed by atoms with Crippen LogP contribution in [0.4, 0.5) is 0 Å². The first-order valence-electron chi connectivity index (χ1n) is 10.4. The standard InChI is InChI=1S/C20H33N5O3S/c1-3-21-20(25-11-8-18(16-25)24-12-14-28-15-13-24)22-9-10-23-29(26,27)19-6-4-17(2)5-7-19/h4-7,18,23H,3,8-16H2,1-2H3,(H,21,22). The molecule has 2 aliphatic heterocycles. The molecule has 2 N–H and O–H groups in total. The number of nitrogens with one attached hydrogen (secondary N) is 2. The molecule has 0 aliphatic carbocycles. The number of hydrogen-bond donors (Lipinski definition) is 2. The predicted molar refractivity (Wildman–Crippen MR) is 115 cm³/mol. The summed E-state index contributed by atoms with van der Waals surface area (Å²) in [7, 11) is -3.50. The average Bonchev–Trinajstić information content (AvgIpc) is 3.21. The highest BCUT2D eigenvalue weighted by Gasteiger charge is 2.30. The van der Waals surface area contributed by atoms with Gasteiger partial charge in [0.2, 0.25) is 10.0 Å². The van der Waals surface area contributed by atoms with E-state index in [1.807, 2.05) is 13.8 Å². The van der Waals surface area contributed by atoms with Gasteiger partial charge in [-0.3, -0.25) is 9.89 Å². The van der Waals surface area contributed by atoms with Gasteiger partial charge < -0.3 is 15.0 Å². The Morgan fingerprint density at radius 3 is 2.62 bits per heavy atom. The van der Waals surface area contributed by atoms with Crippen molar-refractivity contribution in [3.63, 3.8) is 0 Å². The van der Waals surface area contributed by atoms with Crippen LogP contribution in [0.2, 0.25) is 0 Å². The van der Waals surface area contributed by atoms with Gasteiger partial charge in [0.15, 0.2) is 5.96 Å². The third-order valence-corrected chi connectivity index (χ3v) is 6.83. The highest BCUT2D eigenvalue weighted by Crippen LogP contribution is 2.17. The summed E-state index contributed by atoms with van der Waals surface area (Å²) in [5, 5.41) is 3.34. The third kappa shape index (κ3) is 6.15. The van der Waals surface area contributed by atoms with Crippen LogP contribution < -0.4 is 10.0 Å². The van der Waals surface area contributed by atoms with Crippen LogP contribution in [0.25, 0.3) is 0 Å². The Bertz CT molecular complexity index is 776. The van der Waals surface area contributed by atoms with E-state index < -0.39 is 10.0 Å². The SMILES string of the molecule is CCNC(=NCCNS(=O)(=O)c1ccc(C)cc1)N1CCC(N2CCOCC2)C1. The lowest BCUT2D eigenvalue weighted by atomic mass is 10.2. The normalized spacial score (nSPS) is 21.5. The van der Waals surface area contributed by atoms with Gasteiger partial charge in [-0.05, 0) is 32.4 Å². The Hall–Kier alpha value is -1.68. The second-order valence-corrected chi connectivity index (χ2v) is 9.25. The van der Waals surface area contributed by atoms with E-state index in [0.717, 1.165) is 63.9 Å². The summed E-state index contributed by atoms with van der Waals surface area (Å²) < 4.78 is 32.9. The summed E-state index contributed by atoms with van der Waals surface area (Å²) in [6, 6.07) is 7.38. The van der Waals surface area contributed by atoms with Crippen molar-refractivity contribution in [2.75, 3.05) is 59.0 Å². The molecule has 1 aromatic rings. The first-order valence-corrected chi connectivity index (χ1v) is 11.9. The molecule has 2 aliphatic rings. The fourth-order valence-electron chi connectivity index (χ4n) is 3.74. The average molecular weight is 424 g/mol. The zero-order valence-corrected chi connectivity index (χ0v) is 18.2. The fourth-order valence-corrected chi connectivity index (χ4v) is 4.76. The summed E-state index contributed by atoms with van der Waals surface area (Å²) in [5.41, 5.74) is 1.03. The Morgan fingerprint density at radius 2 is 1.93 bits per heavy atom. The lowest BCUT2D eigenvalue weighted by Crippen LogP contribution is -2.46. The van der Waals surface area contributed by atoms with Crippen LogP contribution in [-0.2, 0) is 14.8 Å². The largest absolute Gasteiger partial charge is 0.379 e. The highest BCUT2D eigenvalue weighted by atomic mass is 32.2. The number of aryl methyl sites for hydroxylation is 1. The van der Waals surface area contributed by atoms with Gasteiger partial charge in [-0.1, -0.05) is 17.7 Å². The maximum Gasteiger partial charge on any atom is 0.240 e. The van der Waals surface area contributed by atoms with Crippen molar-refractivity contribution < 1.29 is 13.2 Å². The summed E-state index contributed by atoms with van der Waals surface area (Å²) in [4.78, 5) is 9.71. The van der Waals surface area contributed by atoms with Gasteiger partial charge in [0.1, 0.15) is 0 Å². The summed E-state index contributed by atoms with van der Waals surface area (Å²) in [6.07, 6.45) is 1.12. The van der Waals surface area contributed by atoms with Gasteiger partial charge in [-0.25, -0.2) is 13.1 Å². The van der Waals surface area contributed by atoms with E-state index in [0.29, 0.717) is 12.6 Å². The number of likely N-dealkylation sites (tertiary alicyclic amines) is 1. The fraction of sp³-hybridized carbons (Fsp3) is 0.650. The van der Waals surface area contributed by atoms with Crippen molar-refractivity contribution in [1.82, 2.24) is 19.8 Å². The van der Waals surface area contributed by atoms with Gasteiger partial charge in [0.05, 0.1) is 24.7 Å². The van der Waals surface area contributed by atoms with Crippen molar-refractivity contribution in [2.24, 2.45) is 4.99 Å². The smallest absolute Gasteiger partial charge is 0.240 e. The molecule has 2 heterocycles. The molecule has 0 amide bonds. The molecule has 2 fully saturated rings. The van der Waals surface area contributed by atoms with E-state index in [2.05, 4.69) is 24.8 Å². The van der Waals surface area contributed by atoms with Crippen LogP contribution in [-0.4, -0.2) is 89.2 Å². The van der Waals surface area contributed by atoms with Crippen LogP contribution in [0.3, 0.4) is 0 Å². The van der Waals surface area contributed by atoms with Crippen molar-refractivity contribution in [2.45, 2.75) is 31.2 Å². The minimum absolute atomic E-state index is 0.270. The number of sulfonamides is 1. The Morgan fingerprint density at radius 1 is 1.21 bits per heavy atom. The van der Waals surface area contributed by atoms with E-state index in [4.69, 9.17) is 4.74 Å². The molecule has 0 saturated carbocycles. The van der Waals surface area contributed by atoms with Gasteiger partial charge >= 0.3 is 0 Å². The maximum absolute atomic E-state index is 12.4. The number of benzene rings is 1. The number of rotatable bonds is 7. The monoisotopic (exact) mass is 423 g/mol. The van der Waals surface area contributed by atoms with Crippen molar-refractivity contribution in [1.29, 1.82) is 0 Å². The van der Waals surface area contributed by atoms with Crippen molar-refractivity contribution in [3.8, 4) is 0 Å². The molecular formula is C20H33N5O3S. The number of nitrogens with zero attached hydrogens (tertiary/aromatic N) is 3. The second-order valence-electron chi connectivity index (χ2n) is 7.48. The molecular weight excluding hydrogens is 390 g/mol. The van der Waals surface area contributed by atoms with E-state index >= 15 is 0 Å². The number of morpholine rings is 1. The Balaban J connectivity index is 1.52. The van der Waals surface area contributed by atoms with Crippen LogP contribution in [0.5, 0.6) is 0 Å². The van der Waals surface area contributed by atoms with Crippen LogP contribution in [0, 0.1) is 6.92 Å². The molecule has 1 atom stereocenters. The topological polar surface area (TPSA) is 86.3 Å². The van der Waals surface area contributed by atoms with Crippen molar-refractivity contribution >= 4 is 16.0 Å². The zero-order chi connectivity index (χ0) is 20.7. The summed E-state index contributed by atoms with van der Waals surface area (Å²) in [6.45, 7) is 10.9. The molecule has 8 nitrogen and oxygen atoms in total. The zero-order valence-electron chi connectivity index (χ0n) is 17.4. The number of aliphatic imine (C=N–C) groups is 1. The first kappa shape index (κ1) is 22.0. The number of guanidine groups is 1. The van der Waals surface area contributed by atoms with Gasteiger partial charge in [0.25, 0.3) is 0 Å². The number of hydrogen-bond acceptors (Lipinski definition) is 5. The quantitative estimate of drug-likeness (QED) is 0.380. The minimum atomic E-state index is -3.50. The molecule has 0 bridgehead atoms. The van der Waals surface area contributed by atoms with Crippen LogP contribution in [0.15, 0.2) is 34.2 Å². The molecule has 0 radical (unpaired) electrons. The summed E-state index contributed by atoms with van der Waals surface area (Å²) >= 11 is 0. The Kier molecular flexibility index (Phi) is 7.88. The second kappa shape index (κ2) is 10.4. The highest BCUT2D eigenvalue weighted by molar-refractivity contribution is 7.89. The predicted octanol–water partition coefficient (Wildman–Crippen LogP) is 0.645. The Labute approximate surface area is 174 Å².